The van der Waals surface area contributed by atoms with Crippen LogP contribution in [0, 0.1) is 5.82 Å². The van der Waals surface area contributed by atoms with Gasteiger partial charge < -0.3 is 14.2 Å². The van der Waals surface area contributed by atoms with Crippen LogP contribution in [0.1, 0.15) is 50.8 Å². The van der Waals surface area contributed by atoms with E-state index in [0.29, 0.717) is 36.8 Å². The Bertz CT molecular complexity index is 1320. The average Bonchev–Trinajstić information content (AvgIpc) is 3.49. The van der Waals surface area contributed by atoms with Crippen molar-refractivity contribution < 1.29 is 13.9 Å². The zero-order valence-corrected chi connectivity index (χ0v) is 20.1. The molecule has 1 amide bonds. The zero-order valence-electron chi connectivity index (χ0n) is 20.1. The molecule has 4 aromatic rings. The highest BCUT2D eigenvalue weighted by atomic mass is 19.1. The van der Waals surface area contributed by atoms with Gasteiger partial charge in [0.2, 0.25) is 0 Å². The van der Waals surface area contributed by atoms with E-state index in [1.165, 1.54) is 17.1 Å². The van der Waals surface area contributed by atoms with Crippen molar-refractivity contribution in [3.63, 3.8) is 0 Å². The van der Waals surface area contributed by atoms with Crippen molar-refractivity contribution in [1.29, 1.82) is 0 Å². The molecule has 0 atom stereocenters. The van der Waals surface area contributed by atoms with Gasteiger partial charge in [0.25, 0.3) is 0 Å². The van der Waals surface area contributed by atoms with Crippen molar-refractivity contribution in [2.75, 3.05) is 13.1 Å². The molecule has 0 saturated carbocycles. The average molecular weight is 478 g/mol. The Morgan fingerprint density at radius 3 is 2.63 bits per heavy atom. The van der Waals surface area contributed by atoms with E-state index in [4.69, 9.17) is 4.74 Å². The second-order valence-corrected chi connectivity index (χ2v) is 9.89. The maximum Gasteiger partial charge on any atom is 0.410 e. The molecule has 4 heterocycles. The SMILES string of the molecule is CC(C)(C)OC(=O)N1CCC(c2ccc(Cn3ccc4cc(-n5cnnn5)cc(F)c43)nc2)CC1. The topological polar surface area (TPSA) is 91.0 Å². The van der Waals surface area contributed by atoms with Crippen LogP contribution >= 0.6 is 0 Å². The Morgan fingerprint density at radius 1 is 1.17 bits per heavy atom. The van der Waals surface area contributed by atoms with Crippen LogP contribution in [0.15, 0.2) is 49.1 Å². The molecule has 182 valence electrons. The minimum absolute atomic E-state index is 0.249. The van der Waals surface area contributed by atoms with Gasteiger partial charge in [-0.1, -0.05) is 6.07 Å². The number of nitrogens with zero attached hydrogens (tertiary/aromatic N) is 7. The number of piperidine rings is 1. The van der Waals surface area contributed by atoms with Crippen LogP contribution in [0.5, 0.6) is 0 Å². The summed E-state index contributed by atoms with van der Waals surface area (Å²) in [7, 11) is 0. The Balaban J connectivity index is 1.24. The molecule has 1 aliphatic heterocycles. The number of tetrazole rings is 1. The standard InChI is InChI=1S/C25H28FN7O2/c1-25(2,3)35-24(34)31-9-6-17(7-10-31)19-4-5-20(27-14-19)15-32-11-8-18-12-21(13-22(26)23(18)32)33-16-28-29-30-33/h4-5,8,11-14,16-17H,6-7,9-10,15H2,1-3H3. The summed E-state index contributed by atoms with van der Waals surface area (Å²) >= 11 is 0. The molecule has 0 N–H and O–H groups in total. The highest BCUT2D eigenvalue weighted by molar-refractivity contribution is 5.83. The number of fused-ring (bicyclic) bond motifs is 1. The highest BCUT2D eigenvalue weighted by Gasteiger charge is 2.27. The molecular formula is C25H28FN7O2. The van der Waals surface area contributed by atoms with E-state index in [0.717, 1.165) is 29.5 Å². The van der Waals surface area contributed by atoms with E-state index < -0.39 is 5.60 Å². The molecule has 0 aliphatic carbocycles. The maximum atomic E-state index is 15.0. The summed E-state index contributed by atoms with van der Waals surface area (Å²) in [4.78, 5) is 18.7. The molecule has 0 radical (unpaired) electrons. The van der Waals surface area contributed by atoms with Crippen molar-refractivity contribution in [2.45, 2.75) is 51.7 Å². The number of amides is 1. The Hall–Kier alpha value is -3.82. The lowest BCUT2D eigenvalue weighted by Gasteiger charge is -2.33. The smallest absolute Gasteiger partial charge is 0.410 e. The predicted molar refractivity (Wildman–Crippen MR) is 128 cm³/mol. The number of pyridine rings is 1. The van der Waals surface area contributed by atoms with Crippen LogP contribution in [0.2, 0.25) is 0 Å². The number of ether oxygens (including phenoxy) is 1. The third kappa shape index (κ3) is 5.01. The molecule has 10 heteroatoms. The fourth-order valence-electron chi connectivity index (χ4n) is 4.49. The Morgan fingerprint density at radius 2 is 1.97 bits per heavy atom. The summed E-state index contributed by atoms with van der Waals surface area (Å²) in [6.07, 6.45) is 6.69. The fraction of sp³-hybridized carbons (Fsp3) is 0.400. The largest absolute Gasteiger partial charge is 0.444 e. The van der Waals surface area contributed by atoms with E-state index >= 15 is 0 Å². The second kappa shape index (κ2) is 9.09. The molecule has 3 aromatic heterocycles. The van der Waals surface area contributed by atoms with Gasteiger partial charge in [-0.25, -0.2) is 13.9 Å². The van der Waals surface area contributed by atoms with Gasteiger partial charge in [0.15, 0.2) is 0 Å². The molecule has 0 bridgehead atoms. The minimum atomic E-state index is -0.487. The van der Waals surface area contributed by atoms with Crippen molar-refractivity contribution >= 4 is 17.0 Å². The number of rotatable bonds is 4. The van der Waals surface area contributed by atoms with Crippen LogP contribution in [-0.2, 0) is 11.3 Å². The van der Waals surface area contributed by atoms with Crippen molar-refractivity contribution in [2.24, 2.45) is 0 Å². The van der Waals surface area contributed by atoms with Crippen LogP contribution in [0.25, 0.3) is 16.6 Å². The predicted octanol–water partition coefficient (Wildman–Crippen LogP) is 4.31. The molecule has 1 aliphatic rings. The normalized spacial score (nSPS) is 15.0. The van der Waals surface area contributed by atoms with Gasteiger partial charge in [0.1, 0.15) is 17.7 Å². The number of benzene rings is 1. The summed E-state index contributed by atoms with van der Waals surface area (Å²) in [5.74, 6) is 0.0103. The van der Waals surface area contributed by atoms with Gasteiger partial charge >= 0.3 is 6.09 Å². The maximum absolute atomic E-state index is 15.0. The molecule has 5 rings (SSSR count). The third-order valence-electron chi connectivity index (χ3n) is 6.21. The molecule has 1 fully saturated rings. The number of carbonyl (C=O) groups is 1. The first kappa shape index (κ1) is 22.9. The Labute approximate surface area is 202 Å². The van der Waals surface area contributed by atoms with Gasteiger partial charge in [0, 0.05) is 36.9 Å². The lowest BCUT2D eigenvalue weighted by atomic mass is 9.90. The van der Waals surface area contributed by atoms with Gasteiger partial charge in [-0.15, -0.1) is 5.10 Å². The van der Waals surface area contributed by atoms with Gasteiger partial charge in [-0.05, 0) is 73.7 Å². The number of hydrogen-bond donors (Lipinski definition) is 0. The van der Waals surface area contributed by atoms with Gasteiger partial charge in [-0.3, -0.25) is 4.98 Å². The van der Waals surface area contributed by atoms with Crippen LogP contribution in [-0.4, -0.2) is 59.4 Å². The van der Waals surface area contributed by atoms with Crippen LogP contribution < -0.4 is 0 Å². The van der Waals surface area contributed by atoms with E-state index in [1.54, 1.807) is 4.90 Å². The molecule has 35 heavy (non-hydrogen) atoms. The van der Waals surface area contributed by atoms with Gasteiger partial charge in [0.05, 0.1) is 23.4 Å². The van der Waals surface area contributed by atoms with Gasteiger partial charge in [-0.2, -0.15) is 0 Å². The van der Waals surface area contributed by atoms with Crippen molar-refractivity contribution in [1.82, 2.24) is 34.7 Å². The first-order valence-electron chi connectivity index (χ1n) is 11.7. The van der Waals surface area contributed by atoms with E-state index in [9.17, 15) is 9.18 Å². The summed E-state index contributed by atoms with van der Waals surface area (Å²) in [5.41, 5.74) is 2.60. The number of halogens is 1. The van der Waals surface area contributed by atoms with E-state index in [1.807, 2.05) is 55.9 Å². The zero-order chi connectivity index (χ0) is 24.6. The quantitative estimate of drug-likeness (QED) is 0.435. The van der Waals surface area contributed by atoms with E-state index in [-0.39, 0.29) is 11.9 Å². The monoisotopic (exact) mass is 477 g/mol. The molecule has 1 aromatic carbocycles. The molecular weight excluding hydrogens is 449 g/mol. The number of likely N-dealkylation sites (tertiary alicyclic amines) is 1. The summed E-state index contributed by atoms with van der Waals surface area (Å²) < 4.78 is 23.7. The highest BCUT2D eigenvalue weighted by Crippen LogP contribution is 2.29. The first-order chi connectivity index (χ1) is 16.8. The lowest BCUT2D eigenvalue weighted by molar-refractivity contribution is 0.0205. The molecule has 1 saturated heterocycles. The summed E-state index contributed by atoms with van der Waals surface area (Å²) in [6, 6.07) is 9.24. The lowest BCUT2D eigenvalue weighted by Crippen LogP contribution is -2.41. The first-order valence-corrected chi connectivity index (χ1v) is 11.7. The van der Waals surface area contributed by atoms with Crippen LogP contribution in [0.4, 0.5) is 9.18 Å². The van der Waals surface area contributed by atoms with Crippen LogP contribution in [0.3, 0.4) is 0 Å². The van der Waals surface area contributed by atoms with Crippen molar-refractivity contribution in [3.8, 4) is 5.69 Å². The Kier molecular flexibility index (Phi) is 5.96. The third-order valence-corrected chi connectivity index (χ3v) is 6.21. The number of hydrogen-bond acceptors (Lipinski definition) is 6. The van der Waals surface area contributed by atoms with Crippen molar-refractivity contribution in [3.05, 3.63) is 66.1 Å². The molecule has 0 unspecified atom stereocenters. The minimum Gasteiger partial charge on any atom is -0.444 e. The molecule has 0 spiro atoms. The second-order valence-electron chi connectivity index (χ2n) is 9.89. The number of aromatic nitrogens is 6. The molecule has 9 nitrogen and oxygen atoms in total. The fourth-order valence-corrected chi connectivity index (χ4v) is 4.49. The summed E-state index contributed by atoms with van der Waals surface area (Å²) in [5, 5.41) is 11.8. The number of carbonyl (C=O) groups excluding carboxylic acids is 1. The van der Waals surface area contributed by atoms with E-state index in [2.05, 4.69) is 26.6 Å². The summed E-state index contributed by atoms with van der Waals surface area (Å²) in [6.45, 7) is 7.43.